The molecule has 0 saturated heterocycles. The Balaban J connectivity index is 1.13. The maximum Gasteiger partial charge on any atom is 0.227 e. The third kappa shape index (κ3) is 6.40. The molecule has 0 aliphatic rings. The van der Waals surface area contributed by atoms with Crippen LogP contribution in [0.15, 0.2) is 211 Å². The molecular weight excluding hydrogens is 681 g/mol. The molecule has 0 unspecified atom stereocenters. The Bertz CT molecular complexity index is 2970. The largest absolute Gasteiger partial charge is 0.435 e. The standard InChI is InChI=1S/C53H38N2O/c1-4-14-37(15-5-1)43-27-31-51(49(36-43)44-25-24-38-16-10-11-22-42(38)34-44)55(33-32-40-19-12-13-23-47(40)39-17-6-2-7-18-39)46-28-29-48-45(35-46)26-30-50-52(48)56-53(54-50)41-20-8-3-9-21-41/h1-31,34-36H,32-33H2. The second kappa shape index (κ2) is 14.5. The van der Waals surface area contributed by atoms with Gasteiger partial charge in [0.1, 0.15) is 5.52 Å². The average molecular weight is 719 g/mol. The van der Waals surface area contributed by atoms with Crippen molar-refractivity contribution in [1.82, 2.24) is 4.98 Å². The van der Waals surface area contributed by atoms with Crippen molar-refractivity contribution in [3.8, 4) is 44.8 Å². The highest BCUT2D eigenvalue weighted by atomic mass is 16.3. The molecule has 0 radical (unpaired) electrons. The van der Waals surface area contributed by atoms with E-state index in [4.69, 9.17) is 9.40 Å². The molecule has 0 spiro atoms. The molecule has 1 aromatic heterocycles. The number of nitrogens with zero attached hydrogens (tertiary/aromatic N) is 2. The Morgan fingerprint density at radius 3 is 1.89 bits per heavy atom. The summed E-state index contributed by atoms with van der Waals surface area (Å²) in [4.78, 5) is 7.36. The summed E-state index contributed by atoms with van der Waals surface area (Å²) in [7, 11) is 0. The van der Waals surface area contributed by atoms with E-state index in [1.165, 1.54) is 49.7 Å². The fourth-order valence-corrected chi connectivity index (χ4v) is 8.00. The summed E-state index contributed by atoms with van der Waals surface area (Å²) in [5.74, 6) is 0.634. The lowest BCUT2D eigenvalue weighted by molar-refractivity contribution is 0.623. The van der Waals surface area contributed by atoms with Crippen molar-refractivity contribution in [3.05, 3.63) is 212 Å². The van der Waals surface area contributed by atoms with Crippen LogP contribution < -0.4 is 4.90 Å². The molecule has 0 bridgehead atoms. The topological polar surface area (TPSA) is 29.3 Å². The van der Waals surface area contributed by atoms with Crippen LogP contribution in [0.2, 0.25) is 0 Å². The summed E-state index contributed by atoms with van der Waals surface area (Å²) in [6, 6.07) is 73.7. The van der Waals surface area contributed by atoms with Gasteiger partial charge in [-0.05, 0) is 111 Å². The Hall–Kier alpha value is -7.23. The molecule has 0 atom stereocenters. The first-order valence-electron chi connectivity index (χ1n) is 19.2. The van der Waals surface area contributed by atoms with Gasteiger partial charge in [-0.1, -0.05) is 152 Å². The van der Waals surface area contributed by atoms with Gasteiger partial charge in [-0.15, -0.1) is 0 Å². The molecule has 56 heavy (non-hydrogen) atoms. The summed E-state index contributed by atoms with van der Waals surface area (Å²) >= 11 is 0. The molecule has 0 saturated carbocycles. The minimum atomic E-state index is 0.634. The lowest BCUT2D eigenvalue weighted by Crippen LogP contribution is -2.21. The van der Waals surface area contributed by atoms with Crippen molar-refractivity contribution in [3.63, 3.8) is 0 Å². The zero-order valence-corrected chi connectivity index (χ0v) is 30.8. The molecule has 3 heteroatoms. The number of rotatable bonds is 9. The van der Waals surface area contributed by atoms with Crippen molar-refractivity contribution in [2.75, 3.05) is 11.4 Å². The lowest BCUT2D eigenvalue weighted by Gasteiger charge is -2.29. The van der Waals surface area contributed by atoms with Crippen LogP contribution in [0.4, 0.5) is 11.4 Å². The summed E-state index contributed by atoms with van der Waals surface area (Å²) in [5.41, 5.74) is 13.5. The van der Waals surface area contributed by atoms with Gasteiger partial charge in [-0.3, -0.25) is 0 Å². The van der Waals surface area contributed by atoms with Crippen LogP contribution in [0.5, 0.6) is 0 Å². The van der Waals surface area contributed by atoms with Crippen LogP contribution in [-0.4, -0.2) is 11.5 Å². The van der Waals surface area contributed by atoms with Gasteiger partial charge in [0.15, 0.2) is 5.58 Å². The second-order valence-electron chi connectivity index (χ2n) is 14.3. The zero-order chi connectivity index (χ0) is 37.3. The van der Waals surface area contributed by atoms with E-state index in [1.54, 1.807) is 0 Å². The molecule has 0 amide bonds. The van der Waals surface area contributed by atoms with Crippen LogP contribution in [0.25, 0.3) is 77.5 Å². The van der Waals surface area contributed by atoms with Crippen LogP contribution >= 0.6 is 0 Å². The highest BCUT2D eigenvalue weighted by Gasteiger charge is 2.19. The molecule has 0 aliphatic carbocycles. The quantitative estimate of drug-likeness (QED) is 0.149. The fraction of sp³-hybridized carbons (Fsp3) is 0.0377. The van der Waals surface area contributed by atoms with E-state index < -0.39 is 0 Å². The second-order valence-corrected chi connectivity index (χ2v) is 14.3. The maximum atomic E-state index is 6.46. The van der Waals surface area contributed by atoms with E-state index in [-0.39, 0.29) is 0 Å². The maximum absolute atomic E-state index is 6.46. The van der Waals surface area contributed by atoms with E-state index in [0.29, 0.717) is 5.89 Å². The van der Waals surface area contributed by atoms with Gasteiger partial charge in [0.25, 0.3) is 0 Å². The highest BCUT2D eigenvalue weighted by Crippen LogP contribution is 2.41. The van der Waals surface area contributed by atoms with E-state index in [2.05, 4.69) is 181 Å². The van der Waals surface area contributed by atoms with Crippen molar-refractivity contribution in [2.24, 2.45) is 0 Å². The van der Waals surface area contributed by atoms with Crippen LogP contribution in [-0.2, 0) is 6.42 Å². The molecule has 0 aliphatic heterocycles. The molecule has 9 aromatic carbocycles. The lowest BCUT2D eigenvalue weighted by atomic mass is 9.94. The molecule has 266 valence electrons. The van der Waals surface area contributed by atoms with Crippen LogP contribution in [0.1, 0.15) is 5.56 Å². The van der Waals surface area contributed by atoms with Crippen molar-refractivity contribution < 1.29 is 4.42 Å². The Kier molecular flexibility index (Phi) is 8.66. The first-order valence-corrected chi connectivity index (χ1v) is 19.2. The Morgan fingerprint density at radius 2 is 1.09 bits per heavy atom. The van der Waals surface area contributed by atoms with Gasteiger partial charge < -0.3 is 9.32 Å². The third-order valence-corrected chi connectivity index (χ3v) is 10.8. The first-order chi connectivity index (χ1) is 27.7. The van der Waals surface area contributed by atoms with Gasteiger partial charge in [0.2, 0.25) is 5.89 Å². The molecule has 0 fully saturated rings. The van der Waals surface area contributed by atoms with Gasteiger partial charge in [-0.2, -0.15) is 0 Å². The number of oxazole rings is 1. The minimum absolute atomic E-state index is 0.634. The Labute approximate surface area is 326 Å². The minimum Gasteiger partial charge on any atom is -0.435 e. The summed E-state index contributed by atoms with van der Waals surface area (Å²) in [6.45, 7) is 0.767. The summed E-state index contributed by atoms with van der Waals surface area (Å²) in [6.07, 6.45) is 0.849. The molecule has 10 rings (SSSR count). The smallest absolute Gasteiger partial charge is 0.227 e. The van der Waals surface area contributed by atoms with Crippen LogP contribution in [0.3, 0.4) is 0 Å². The number of fused-ring (bicyclic) bond motifs is 4. The normalized spacial score (nSPS) is 11.4. The number of hydrogen-bond acceptors (Lipinski definition) is 3. The van der Waals surface area contributed by atoms with Crippen molar-refractivity contribution in [2.45, 2.75) is 6.42 Å². The summed E-state index contributed by atoms with van der Waals surface area (Å²) in [5, 5.41) is 4.61. The average Bonchev–Trinajstić information content (AvgIpc) is 3.73. The van der Waals surface area contributed by atoms with E-state index in [0.717, 1.165) is 51.8 Å². The fourth-order valence-electron chi connectivity index (χ4n) is 8.00. The third-order valence-electron chi connectivity index (χ3n) is 10.8. The number of hydrogen-bond donors (Lipinski definition) is 0. The molecule has 1 heterocycles. The van der Waals surface area contributed by atoms with Gasteiger partial charge >= 0.3 is 0 Å². The predicted molar refractivity (Wildman–Crippen MR) is 234 cm³/mol. The van der Waals surface area contributed by atoms with E-state index in [1.807, 2.05) is 30.3 Å². The molecular formula is C53H38N2O. The highest BCUT2D eigenvalue weighted by molar-refractivity contribution is 6.05. The SMILES string of the molecule is c1ccc(-c2ccc(N(CCc3ccccc3-c3ccccc3)c3ccc4c(ccc5nc(-c6ccccc6)oc54)c3)c(-c3ccc4ccccc4c3)c2)cc1. The van der Waals surface area contributed by atoms with Crippen molar-refractivity contribution >= 4 is 44.0 Å². The van der Waals surface area contributed by atoms with Crippen LogP contribution in [0, 0.1) is 0 Å². The molecule has 3 nitrogen and oxygen atoms in total. The number of anilines is 2. The number of benzene rings is 9. The van der Waals surface area contributed by atoms with E-state index >= 15 is 0 Å². The monoisotopic (exact) mass is 718 g/mol. The van der Waals surface area contributed by atoms with E-state index in [9.17, 15) is 0 Å². The number of aromatic nitrogens is 1. The molecule has 10 aromatic rings. The van der Waals surface area contributed by atoms with Gasteiger partial charge in [-0.25, -0.2) is 4.98 Å². The first kappa shape index (κ1) is 33.3. The Morgan fingerprint density at radius 1 is 0.429 bits per heavy atom. The van der Waals surface area contributed by atoms with Crippen molar-refractivity contribution in [1.29, 1.82) is 0 Å². The zero-order valence-electron chi connectivity index (χ0n) is 30.8. The molecule has 0 N–H and O–H groups in total. The summed E-state index contributed by atoms with van der Waals surface area (Å²) < 4.78 is 6.46. The van der Waals surface area contributed by atoms with Gasteiger partial charge in [0, 0.05) is 34.4 Å². The predicted octanol–water partition coefficient (Wildman–Crippen LogP) is 14.2. The van der Waals surface area contributed by atoms with Gasteiger partial charge in [0.05, 0.1) is 0 Å².